The molecule has 94 valence electrons. The molecule has 0 bridgehead atoms. The molecule has 0 aromatic heterocycles. The first-order chi connectivity index (χ1) is 8.77. The number of hydrogen-bond donors (Lipinski definition) is 0. The lowest BCUT2D eigenvalue weighted by Gasteiger charge is -2.15. The van der Waals surface area contributed by atoms with Gasteiger partial charge in [-0.15, -0.1) is 0 Å². The Kier molecular flexibility index (Phi) is 3.99. The first-order valence-electron chi connectivity index (χ1n) is 6.34. The van der Waals surface area contributed by atoms with Crippen LogP contribution in [0.25, 0.3) is 0 Å². The van der Waals surface area contributed by atoms with Crippen molar-refractivity contribution in [3.05, 3.63) is 29.8 Å². The van der Waals surface area contributed by atoms with Crippen molar-refractivity contribution in [2.75, 3.05) is 7.11 Å². The molecule has 1 unspecified atom stereocenters. The maximum Gasteiger partial charge on any atom is 0.157 e. The highest BCUT2D eigenvalue weighted by atomic mass is 16.5. The van der Waals surface area contributed by atoms with Crippen LogP contribution in [0.5, 0.6) is 5.75 Å². The molecular formula is C15H17NO2. The third-order valence-corrected chi connectivity index (χ3v) is 3.62. The number of rotatable bonds is 4. The normalized spacial score (nSPS) is 17.1. The Bertz CT molecular complexity index is 470. The number of nitrogens with zero attached hydrogens (tertiary/aromatic N) is 1. The van der Waals surface area contributed by atoms with E-state index in [2.05, 4.69) is 6.07 Å². The molecule has 0 saturated heterocycles. The zero-order chi connectivity index (χ0) is 13.0. The summed E-state index contributed by atoms with van der Waals surface area (Å²) in [4.78, 5) is 12.4. The minimum Gasteiger partial charge on any atom is -0.496 e. The fourth-order valence-electron chi connectivity index (χ4n) is 2.64. The summed E-state index contributed by atoms with van der Waals surface area (Å²) in [6, 6.07) is 9.42. The maximum atomic E-state index is 12.4. The van der Waals surface area contributed by atoms with Gasteiger partial charge < -0.3 is 4.74 Å². The van der Waals surface area contributed by atoms with Crippen LogP contribution >= 0.6 is 0 Å². The molecule has 1 fully saturated rings. The molecule has 1 aromatic rings. The van der Waals surface area contributed by atoms with Crippen molar-refractivity contribution in [3.63, 3.8) is 0 Å². The number of benzene rings is 1. The average molecular weight is 243 g/mol. The number of carbonyl (C=O) groups excluding carboxylic acids is 1. The monoisotopic (exact) mass is 243 g/mol. The molecule has 0 radical (unpaired) electrons. The number of ether oxygens (including phenoxy) is 1. The molecule has 0 aliphatic heterocycles. The van der Waals surface area contributed by atoms with Crippen LogP contribution in [-0.2, 0) is 4.79 Å². The second-order valence-corrected chi connectivity index (χ2v) is 4.69. The summed E-state index contributed by atoms with van der Waals surface area (Å²) < 4.78 is 5.24. The zero-order valence-corrected chi connectivity index (χ0v) is 10.6. The molecule has 0 amide bonds. The second-order valence-electron chi connectivity index (χ2n) is 4.69. The van der Waals surface area contributed by atoms with Crippen molar-refractivity contribution in [1.82, 2.24) is 0 Å². The first-order valence-corrected chi connectivity index (χ1v) is 6.34. The second kappa shape index (κ2) is 5.68. The van der Waals surface area contributed by atoms with E-state index >= 15 is 0 Å². The van der Waals surface area contributed by atoms with Crippen LogP contribution in [-0.4, -0.2) is 12.9 Å². The fraction of sp³-hybridized carbons (Fsp3) is 0.467. The van der Waals surface area contributed by atoms with E-state index in [1.54, 1.807) is 19.2 Å². The van der Waals surface area contributed by atoms with Crippen LogP contribution in [0.15, 0.2) is 24.3 Å². The van der Waals surface area contributed by atoms with E-state index in [1.807, 2.05) is 12.1 Å². The molecule has 3 heteroatoms. The third-order valence-electron chi connectivity index (χ3n) is 3.62. The smallest absolute Gasteiger partial charge is 0.157 e. The number of hydrogen-bond acceptors (Lipinski definition) is 3. The lowest BCUT2D eigenvalue weighted by Crippen LogP contribution is -2.19. The molecule has 18 heavy (non-hydrogen) atoms. The van der Waals surface area contributed by atoms with Gasteiger partial charge in [0, 0.05) is 11.5 Å². The van der Waals surface area contributed by atoms with Crippen molar-refractivity contribution in [1.29, 1.82) is 5.26 Å². The highest BCUT2D eigenvalue weighted by Gasteiger charge is 2.31. The molecule has 0 heterocycles. The molecule has 3 nitrogen and oxygen atoms in total. The lowest BCUT2D eigenvalue weighted by atomic mass is 9.87. The summed E-state index contributed by atoms with van der Waals surface area (Å²) in [5.41, 5.74) is 0.694. The van der Waals surface area contributed by atoms with Crippen molar-refractivity contribution >= 4 is 5.78 Å². The van der Waals surface area contributed by atoms with Gasteiger partial charge in [-0.1, -0.05) is 31.0 Å². The summed E-state index contributed by atoms with van der Waals surface area (Å²) in [5.74, 6) is 0.0405. The third kappa shape index (κ3) is 2.38. The van der Waals surface area contributed by atoms with Crippen LogP contribution in [0.1, 0.15) is 37.2 Å². The molecule has 0 N–H and O–H groups in total. The van der Waals surface area contributed by atoms with E-state index < -0.39 is 5.92 Å². The zero-order valence-electron chi connectivity index (χ0n) is 10.6. The van der Waals surface area contributed by atoms with E-state index in [0.717, 1.165) is 25.7 Å². The van der Waals surface area contributed by atoms with Gasteiger partial charge in [-0.3, -0.25) is 4.79 Å². The van der Waals surface area contributed by atoms with Crippen LogP contribution < -0.4 is 4.74 Å². The minimum absolute atomic E-state index is 0.0551. The molecular weight excluding hydrogens is 226 g/mol. The van der Waals surface area contributed by atoms with Gasteiger partial charge in [0.15, 0.2) is 5.78 Å². The van der Waals surface area contributed by atoms with Gasteiger partial charge in [-0.2, -0.15) is 5.26 Å². The Morgan fingerprint density at radius 1 is 1.39 bits per heavy atom. The Hall–Kier alpha value is -1.82. The SMILES string of the molecule is COc1ccccc1C(C#N)C(=O)C1CCCC1. The Morgan fingerprint density at radius 2 is 2.06 bits per heavy atom. The minimum atomic E-state index is -0.691. The van der Waals surface area contributed by atoms with Crippen LogP contribution in [0.3, 0.4) is 0 Å². The van der Waals surface area contributed by atoms with Crippen molar-refractivity contribution in [2.45, 2.75) is 31.6 Å². The van der Waals surface area contributed by atoms with Crippen LogP contribution in [0, 0.1) is 17.2 Å². The number of carbonyl (C=O) groups is 1. The van der Waals surface area contributed by atoms with Gasteiger partial charge in [0.1, 0.15) is 11.7 Å². The first kappa shape index (κ1) is 12.6. The lowest BCUT2D eigenvalue weighted by molar-refractivity contribution is -0.123. The van der Waals surface area contributed by atoms with Gasteiger partial charge in [-0.25, -0.2) is 0 Å². The summed E-state index contributed by atoms with van der Waals surface area (Å²) in [6.07, 6.45) is 4.04. The molecule has 1 atom stereocenters. The number of methoxy groups -OCH3 is 1. The topological polar surface area (TPSA) is 50.1 Å². The molecule has 1 aromatic carbocycles. The summed E-state index contributed by atoms with van der Waals surface area (Å²) in [7, 11) is 1.56. The standard InChI is InChI=1S/C15H17NO2/c1-18-14-9-5-4-8-12(14)13(10-16)15(17)11-6-2-3-7-11/h4-5,8-9,11,13H,2-3,6-7H2,1H3. The number of Topliss-reactive ketones (excluding diaryl/α,β-unsaturated/α-hetero) is 1. The number of nitriles is 1. The summed E-state index contributed by atoms with van der Waals surface area (Å²) in [6.45, 7) is 0. The van der Waals surface area contributed by atoms with Crippen molar-refractivity contribution < 1.29 is 9.53 Å². The molecule has 1 aliphatic carbocycles. The summed E-state index contributed by atoms with van der Waals surface area (Å²) >= 11 is 0. The fourth-order valence-corrected chi connectivity index (χ4v) is 2.64. The van der Waals surface area contributed by atoms with E-state index in [0.29, 0.717) is 11.3 Å². The van der Waals surface area contributed by atoms with E-state index in [9.17, 15) is 10.1 Å². The molecule has 1 saturated carbocycles. The van der Waals surface area contributed by atoms with Gasteiger partial charge in [0.05, 0.1) is 13.2 Å². The van der Waals surface area contributed by atoms with Crippen molar-refractivity contribution in [2.24, 2.45) is 5.92 Å². The highest BCUT2D eigenvalue weighted by molar-refractivity contribution is 5.91. The Balaban J connectivity index is 2.27. The van der Waals surface area contributed by atoms with Gasteiger partial charge in [0.25, 0.3) is 0 Å². The quantitative estimate of drug-likeness (QED) is 0.816. The highest BCUT2D eigenvalue weighted by Crippen LogP contribution is 2.34. The average Bonchev–Trinajstić information content (AvgIpc) is 2.94. The number of ketones is 1. The maximum absolute atomic E-state index is 12.4. The van der Waals surface area contributed by atoms with E-state index in [1.165, 1.54) is 0 Å². The van der Waals surface area contributed by atoms with Crippen molar-refractivity contribution in [3.8, 4) is 11.8 Å². The van der Waals surface area contributed by atoms with Crippen LogP contribution in [0.2, 0.25) is 0 Å². The number of para-hydroxylation sites is 1. The summed E-state index contributed by atoms with van der Waals surface area (Å²) in [5, 5.41) is 9.30. The van der Waals surface area contributed by atoms with Gasteiger partial charge in [-0.05, 0) is 18.9 Å². The Morgan fingerprint density at radius 3 is 2.67 bits per heavy atom. The van der Waals surface area contributed by atoms with E-state index in [4.69, 9.17) is 4.74 Å². The van der Waals surface area contributed by atoms with Crippen LogP contribution in [0.4, 0.5) is 0 Å². The van der Waals surface area contributed by atoms with Gasteiger partial charge >= 0.3 is 0 Å². The Labute approximate surface area is 107 Å². The largest absolute Gasteiger partial charge is 0.496 e. The molecule has 0 spiro atoms. The predicted octanol–water partition coefficient (Wildman–Crippen LogP) is 3.06. The van der Waals surface area contributed by atoms with E-state index in [-0.39, 0.29) is 11.7 Å². The molecule has 2 rings (SSSR count). The molecule has 1 aliphatic rings. The van der Waals surface area contributed by atoms with Gasteiger partial charge in [0.2, 0.25) is 0 Å². The predicted molar refractivity (Wildman–Crippen MR) is 68.3 cm³/mol.